The molecule has 81 heavy (non-hydrogen) atoms. The Balaban J connectivity index is 0.000000125. The maximum atomic E-state index is 13.9. The number of nitrogens with zero attached hydrogens (tertiary/aromatic N) is 7. The molecule has 9 heterocycles. The van der Waals surface area contributed by atoms with Crippen molar-refractivity contribution in [1.82, 2.24) is 41.7 Å². The highest BCUT2D eigenvalue weighted by Crippen LogP contribution is 2.25. The summed E-state index contributed by atoms with van der Waals surface area (Å²) in [7, 11) is 1.54. The number of aromatic nitrogens is 9. The number of aromatic amines is 2. The van der Waals surface area contributed by atoms with E-state index >= 15 is 0 Å². The van der Waals surface area contributed by atoms with Crippen LogP contribution in [0.4, 0.5) is 17.6 Å². The van der Waals surface area contributed by atoms with Gasteiger partial charge < -0.3 is 33.3 Å². The van der Waals surface area contributed by atoms with Gasteiger partial charge in [-0.05, 0) is 133 Å². The van der Waals surface area contributed by atoms with Gasteiger partial charge in [-0.25, -0.2) is 17.6 Å². The molecule has 0 aliphatic carbocycles. The quantitative estimate of drug-likeness (QED) is 0.117. The summed E-state index contributed by atoms with van der Waals surface area (Å²) < 4.78 is 67.5. The molecule has 0 bridgehead atoms. The molecule has 0 saturated heterocycles. The molecule has 0 atom stereocenters. The lowest BCUT2D eigenvalue weighted by Gasteiger charge is -2.13. The molecule has 0 aliphatic rings. The standard InChI is InChI=1S/C21H17ClFN3O3.C14H10ClFN2O3.C11H6ClFN2O.C11H7FN2O/c1-29-16-4-3-14(24-12-16)11-15(27)8-9-25-19-10-13(23)2-5-17(19)26-18(21(25)28)6-7-20(26)22;15-12-4-3-10-14(21)17(6-5-13(19)20)11-7-8(16)1-2-9(11)18(10)12;12-10-4-3-9-11(16)14-7-5-6(13)1-2-8(7)15(9)10;12-7-3-4-9-8(6-7)13-11(15)10-2-1-5-14(9)10/h2-7,10,12H,8-9,11H2,1H3;1-4,7H,5-6H2,(H,19,20);1-5H,(H,14,16);1-6H,(H,13,15). The normalized spacial score (nSPS) is 11.3. The number of carbonyl (C=O) groups is 2. The number of fused-ring (bicyclic) bond motifs is 12. The molecule has 24 heteroatoms. The summed E-state index contributed by atoms with van der Waals surface area (Å²) in [5, 5.41) is 9.92. The number of rotatable bonds is 9. The summed E-state index contributed by atoms with van der Waals surface area (Å²) in [5.74, 6) is -2.22. The molecule has 0 spiro atoms. The number of carboxylic acid groups (broad SMARTS) is 1. The molecule has 0 amide bonds. The van der Waals surface area contributed by atoms with Gasteiger partial charge in [-0.3, -0.25) is 47.0 Å². The predicted octanol–water partition coefficient (Wildman–Crippen LogP) is 10.7. The monoisotopic (exact) mass is 1160 g/mol. The lowest BCUT2D eigenvalue weighted by atomic mass is 10.1. The van der Waals surface area contributed by atoms with E-state index in [1.54, 1.807) is 112 Å². The Kier molecular flexibility index (Phi) is 15.4. The molecule has 13 rings (SSSR count). The Morgan fingerprint density at radius 3 is 1.51 bits per heavy atom. The van der Waals surface area contributed by atoms with Crippen molar-refractivity contribution in [2.24, 2.45) is 0 Å². The third-order valence-electron chi connectivity index (χ3n) is 13.1. The Morgan fingerprint density at radius 2 is 0.988 bits per heavy atom. The van der Waals surface area contributed by atoms with E-state index in [9.17, 15) is 46.3 Å². The molecule has 0 aliphatic heterocycles. The molecule has 3 N–H and O–H groups in total. The Hall–Kier alpha value is -9.44. The van der Waals surface area contributed by atoms with Gasteiger partial charge in [0.15, 0.2) is 0 Å². The Labute approximate surface area is 466 Å². The number of aryl methyl sites for hydroxylation is 2. The number of H-pyrrole nitrogens is 2. The minimum atomic E-state index is -1.03. The van der Waals surface area contributed by atoms with E-state index in [0.717, 1.165) is 5.52 Å². The number of carboxylic acids is 1. The lowest BCUT2D eigenvalue weighted by Crippen LogP contribution is -2.24. The number of carbonyl (C=O) groups excluding carboxylic acids is 1. The van der Waals surface area contributed by atoms with Crippen LogP contribution < -0.4 is 27.0 Å². The summed E-state index contributed by atoms with van der Waals surface area (Å²) in [6.45, 7) is 0.0977. The zero-order chi connectivity index (χ0) is 57.4. The summed E-state index contributed by atoms with van der Waals surface area (Å²) in [6, 6.07) is 33.3. The predicted molar refractivity (Wildman–Crippen MR) is 301 cm³/mol. The molecule has 13 aromatic rings. The van der Waals surface area contributed by atoms with Crippen LogP contribution in [0.1, 0.15) is 18.5 Å². The third-order valence-corrected chi connectivity index (χ3v) is 14.0. The largest absolute Gasteiger partial charge is 0.495 e. The first kappa shape index (κ1) is 54.9. The summed E-state index contributed by atoms with van der Waals surface area (Å²) in [4.78, 5) is 81.2. The topological polar surface area (TPSA) is 204 Å². The van der Waals surface area contributed by atoms with Crippen molar-refractivity contribution in [1.29, 1.82) is 0 Å². The summed E-state index contributed by atoms with van der Waals surface area (Å²) in [6.07, 6.45) is 3.36. The van der Waals surface area contributed by atoms with Crippen molar-refractivity contribution < 1.29 is 37.0 Å². The van der Waals surface area contributed by atoms with Crippen molar-refractivity contribution >= 4 is 113 Å². The van der Waals surface area contributed by atoms with Gasteiger partial charge in [0, 0.05) is 37.8 Å². The van der Waals surface area contributed by atoms with E-state index < -0.39 is 29.0 Å². The van der Waals surface area contributed by atoms with E-state index in [2.05, 4.69) is 15.0 Å². The minimum absolute atomic E-state index is 0.0343. The molecular weight excluding hydrogens is 1120 g/mol. The maximum absolute atomic E-state index is 13.9. The number of ketones is 1. The van der Waals surface area contributed by atoms with Gasteiger partial charge in [-0.2, -0.15) is 0 Å². The fourth-order valence-corrected chi connectivity index (χ4v) is 10.1. The van der Waals surface area contributed by atoms with E-state index in [4.69, 9.17) is 44.6 Å². The van der Waals surface area contributed by atoms with Crippen LogP contribution in [0.3, 0.4) is 0 Å². The number of hydrogen-bond acceptors (Lipinski definition) is 8. The highest BCUT2D eigenvalue weighted by atomic mass is 35.5. The van der Waals surface area contributed by atoms with E-state index in [-0.39, 0.29) is 60.6 Å². The molecule has 0 saturated carbocycles. The zero-order valence-electron chi connectivity index (χ0n) is 42.0. The van der Waals surface area contributed by atoms with Gasteiger partial charge in [0.05, 0.1) is 63.9 Å². The second kappa shape index (κ2) is 22.7. The second-order valence-corrected chi connectivity index (χ2v) is 19.3. The average Bonchev–Trinajstić information content (AvgIpc) is 4.44. The van der Waals surface area contributed by atoms with E-state index in [1.165, 1.54) is 68.1 Å². The van der Waals surface area contributed by atoms with Crippen molar-refractivity contribution in [3.63, 3.8) is 0 Å². The van der Waals surface area contributed by atoms with Gasteiger partial charge >= 0.3 is 5.97 Å². The number of nitrogens with one attached hydrogen (secondary N) is 2. The van der Waals surface area contributed by atoms with Crippen LogP contribution in [0.25, 0.3) is 66.2 Å². The van der Waals surface area contributed by atoms with Crippen LogP contribution in [-0.4, -0.2) is 65.7 Å². The van der Waals surface area contributed by atoms with Crippen molar-refractivity contribution in [2.45, 2.75) is 32.4 Å². The SMILES string of the molecule is COc1ccc(CC(=O)CCn2c(=O)c3ccc(Cl)n3c3ccc(F)cc32)nc1.O=C(O)CCn1c(=O)c2ccc(Cl)n2c2ccc(F)cc21.O=c1[nH]c2cc(F)ccc2n2c(Cl)ccc12.O=c1[nH]c2cc(F)ccc2n2cccc12. The number of halogens is 7. The van der Waals surface area contributed by atoms with Crippen molar-refractivity contribution in [2.75, 3.05) is 7.11 Å². The highest BCUT2D eigenvalue weighted by Gasteiger charge is 2.18. The maximum Gasteiger partial charge on any atom is 0.305 e. The van der Waals surface area contributed by atoms with E-state index in [1.807, 2.05) is 0 Å². The molecular formula is C57H40Cl3F4N9O8. The van der Waals surface area contributed by atoms with Crippen LogP contribution in [0, 0.1) is 23.3 Å². The molecule has 410 valence electrons. The molecule has 4 aromatic carbocycles. The van der Waals surface area contributed by atoms with Gasteiger partial charge in [-0.15, -0.1) is 0 Å². The van der Waals surface area contributed by atoms with Gasteiger partial charge in [-0.1, -0.05) is 34.8 Å². The third kappa shape index (κ3) is 11.0. The smallest absolute Gasteiger partial charge is 0.305 e. The fourth-order valence-electron chi connectivity index (χ4n) is 9.37. The highest BCUT2D eigenvalue weighted by molar-refractivity contribution is 6.31. The first-order valence-electron chi connectivity index (χ1n) is 24.4. The molecule has 0 fully saturated rings. The van der Waals surface area contributed by atoms with Crippen molar-refractivity contribution in [3.8, 4) is 5.75 Å². The Bertz CT molecular complexity index is 4890. The Morgan fingerprint density at radius 1 is 0.531 bits per heavy atom. The summed E-state index contributed by atoms with van der Waals surface area (Å²) in [5.41, 5.74) is 5.33. The first-order chi connectivity index (χ1) is 38.9. The zero-order valence-corrected chi connectivity index (χ0v) is 44.2. The fraction of sp³-hybridized carbons (Fsp3) is 0.105. The second-order valence-electron chi connectivity index (χ2n) is 18.1. The number of hydrogen-bond donors (Lipinski definition) is 3. The van der Waals surface area contributed by atoms with Gasteiger partial charge in [0.25, 0.3) is 22.2 Å². The van der Waals surface area contributed by atoms with Crippen LogP contribution in [0.2, 0.25) is 15.5 Å². The van der Waals surface area contributed by atoms with Crippen LogP contribution in [0.5, 0.6) is 5.75 Å². The van der Waals surface area contributed by atoms with Crippen LogP contribution in [0.15, 0.2) is 165 Å². The average molecular weight is 1160 g/mol. The lowest BCUT2D eigenvalue weighted by molar-refractivity contribution is -0.137. The number of methoxy groups -OCH3 is 1. The van der Waals surface area contributed by atoms with Crippen LogP contribution in [-0.2, 0) is 29.1 Å². The number of benzene rings is 4. The van der Waals surface area contributed by atoms with Gasteiger partial charge in [0.2, 0.25) is 0 Å². The number of pyridine rings is 1. The number of Topliss-reactive ketones (excluding diaryl/α,β-unsaturated/α-hetero) is 1. The summed E-state index contributed by atoms with van der Waals surface area (Å²) >= 11 is 18.3. The van der Waals surface area contributed by atoms with Gasteiger partial charge in [0.1, 0.15) is 72.3 Å². The molecule has 0 unspecified atom stereocenters. The molecule has 17 nitrogen and oxygen atoms in total. The minimum Gasteiger partial charge on any atom is -0.495 e. The first-order valence-corrected chi connectivity index (χ1v) is 25.5. The van der Waals surface area contributed by atoms with Crippen molar-refractivity contribution in [3.05, 3.63) is 232 Å². The van der Waals surface area contributed by atoms with E-state index in [0.29, 0.717) is 87.6 Å². The number of aliphatic carboxylic acids is 1. The number of ether oxygens (including phenoxy) is 1. The van der Waals surface area contributed by atoms with Crippen LogP contribution >= 0.6 is 34.8 Å². The molecule has 0 radical (unpaired) electrons. The molecule has 9 aromatic heterocycles.